The molecule has 0 saturated heterocycles. The van der Waals surface area contributed by atoms with Crippen molar-refractivity contribution in [2.75, 3.05) is 13.2 Å². The van der Waals surface area contributed by atoms with Gasteiger partial charge in [-0.3, -0.25) is 0 Å². The van der Waals surface area contributed by atoms with Gasteiger partial charge in [0, 0.05) is 0 Å². The minimum absolute atomic E-state index is 0. The minimum Gasteiger partial charge on any atom is -0.854 e. The first kappa shape index (κ1) is 22.5. The van der Waals surface area contributed by atoms with E-state index in [0.717, 1.165) is 12.8 Å². The van der Waals surface area contributed by atoms with Crippen LogP contribution in [0.4, 0.5) is 0 Å². The van der Waals surface area contributed by atoms with Crippen LogP contribution in [0.25, 0.3) is 0 Å². The van der Waals surface area contributed by atoms with Crippen LogP contribution in [0.2, 0.25) is 0 Å². The maximum atomic E-state index is 9.30. The molecule has 52 valence electrons. The van der Waals surface area contributed by atoms with Crippen LogP contribution >= 0.6 is 0 Å². The van der Waals surface area contributed by atoms with E-state index in [1.807, 2.05) is 13.8 Å². The van der Waals surface area contributed by atoms with E-state index < -0.39 is 0 Å². The zero-order chi connectivity index (χ0) is 6.83. The third-order valence-corrected chi connectivity index (χ3v) is 0.408. The molecule has 0 aliphatic heterocycles. The molecule has 0 N–H and O–H groups in total. The first-order valence-corrected chi connectivity index (χ1v) is 2.99. The van der Waals surface area contributed by atoms with Gasteiger partial charge < -0.3 is 10.2 Å². The second-order valence-corrected chi connectivity index (χ2v) is 1.41. The smallest absolute Gasteiger partial charge is 0.854 e. The van der Waals surface area contributed by atoms with Crippen LogP contribution in [0.5, 0.6) is 0 Å². The number of hydrogen-bond acceptors (Lipinski definition) is 2. The number of rotatable bonds is 2. The molecule has 4 heteroatoms. The molecule has 0 rings (SSSR count). The van der Waals surface area contributed by atoms with Gasteiger partial charge in [-0.15, -0.1) is 13.2 Å². The molecule has 0 aliphatic rings. The van der Waals surface area contributed by atoms with Crippen molar-refractivity contribution in [2.45, 2.75) is 26.7 Å². The SMILES string of the molecule is CCC[O-].CCC[O-].[Li+].[Li+]. The van der Waals surface area contributed by atoms with Crippen LogP contribution in [0, 0.1) is 0 Å². The van der Waals surface area contributed by atoms with Crippen molar-refractivity contribution < 1.29 is 47.9 Å². The van der Waals surface area contributed by atoms with Crippen LogP contribution in [0.3, 0.4) is 0 Å². The van der Waals surface area contributed by atoms with Crippen molar-refractivity contribution in [3.05, 3.63) is 0 Å². The molecule has 0 heterocycles. The first-order valence-electron chi connectivity index (χ1n) is 2.99. The Morgan fingerprint density at radius 3 is 0.900 bits per heavy atom. The van der Waals surface area contributed by atoms with Crippen LogP contribution in [0.15, 0.2) is 0 Å². The summed E-state index contributed by atoms with van der Waals surface area (Å²) >= 11 is 0. The molecule has 0 saturated carbocycles. The van der Waals surface area contributed by atoms with E-state index in [9.17, 15) is 10.2 Å². The Balaban J connectivity index is -0.0000000300. The maximum Gasteiger partial charge on any atom is 1.00 e. The summed E-state index contributed by atoms with van der Waals surface area (Å²) in [7, 11) is 0. The van der Waals surface area contributed by atoms with Crippen molar-refractivity contribution in [2.24, 2.45) is 0 Å². The average Bonchev–Trinajstić information content (AvgIpc) is 1.88. The van der Waals surface area contributed by atoms with Crippen molar-refractivity contribution in [1.29, 1.82) is 0 Å². The molecule has 0 unspecified atom stereocenters. The minimum atomic E-state index is 0. The molecule has 0 radical (unpaired) electrons. The quantitative estimate of drug-likeness (QED) is 0.351. The molecule has 0 spiro atoms. The summed E-state index contributed by atoms with van der Waals surface area (Å²) in [6, 6.07) is 0. The molecule has 2 nitrogen and oxygen atoms in total. The average molecular weight is 132 g/mol. The molecule has 0 aromatic rings. The monoisotopic (exact) mass is 132 g/mol. The Labute approximate surface area is 87.8 Å². The molecule has 0 aromatic heterocycles. The van der Waals surface area contributed by atoms with Crippen molar-refractivity contribution in [3.63, 3.8) is 0 Å². The van der Waals surface area contributed by atoms with E-state index in [0.29, 0.717) is 0 Å². The van der Waals surface area contributed by atoms with E-state index in [4.69, 9.17) is 0 Å². The van der Waals surface area contributed by atoms with Crippen molar-refractivity contribution in [1.82, 2.24) is 0 Å². The van der Waals surface area contributed by atoms with Crippen molar-refractivity contribution >= 4 is 0 Å². The molecule has 0 atom stereocenters. The Morgan fingerprint density at radius 2 is 0.900 bits per heavy atom. The van der Waals surface area contributed by atoms with Crippen molar-refractivity contribution in [3.8, 4) is 0 Å². The molecule has 0 fully saturated rings. The normalized spacial score (nSPS) is 6.00. The van der Waals surface area contributed by atoms with Gasteiger partial charge in [0.2, 0.25) is 0 Å². The van der Waals surface area contributed by atoms with Gasteiger partial charge >= 0.3 is 37.7 Å². The van der Waals surface area contributed by atoms with Crippen LogP contribution in [0.1, 0.15) is 26.7 Å². The summed E-state index contributed by atoms with van der Waals surface area (Å²) in [5, 5.41) is 18.6. The fourth-order valence-corrected chi connectivity index (χ4v) is 0. The maximum absolute atomic E-state index is 9.30. The zero-order valence-corrected chi connectivity index (χ0v) is 7.64. The summed E-state index contributed by atoms with van der Waals surface area (Å²) in [6.45, 7) is 3.88. The van der Waals surface area contributed by atoms with Gasteiger partial charge in [0.05, 0.1) is 0 Å². The summed E-state index contributed by atoms with van der Waals surface area (Å²) in [4.78, 5) is 0. The third-order valence-electron chi connectivity index (χ3n) is 0.408. The van der Waals surface area contributed by atoms with E-state index in [1.54, 1.807) is 0 Å². The summed E-state index contributed by atoms with van der Waals surface area (Å²) < 4.78 is 0. The Hall–Kier alpha value is 1.11. The predicted octanol–water partition coefficient (Wildman–Crippen LogP) is -6.48. The molecule has 10 heavy (non-hydrogen) atoms. The Kier molecular flexibility index (Phi) is 72.2. The number of hydrogen-bond donors (Lipinski definition) is 0. The Morgan fingerprint density at radius 1 is 0.800 bits per heavy atom. The molecule has 0 aliphatic carbocycles. The predicted molar refractivity (Wildman–Crippen MR) is 30.3 cm³/mol. The topological polar surface area (TPSA) is 46.1 Å². The van der Waals surface area contributed by atoms with Gasteiger partial charge in [-0.05, 0) is 0 Å². The molecular formula is C6H14Li2O2. The Bertz CT molecular complexity index is 21.7. The standard InChI is InChI=1S/2C3H7O.2Li/c2*1-2-3-4;;/h2*2-3H2,1H3;;/q2*-1;2*+1. The second-order valence-electron chi connectivity index (χ2n) is 1.41. The van der Waals surface area contributed by atoms with Crippen LogP contribution in [-0.2, 0) is 0 Å². The molecular weight excluding hydrogens is 118 g/mol. The third kappa shape index (κ3) is 61.9. The fourth-order valence-electron chi connectivity index (χ4n) is 0. The van der Waals surface area contributed by atoms with Gasteiger partial charge in [0.1, 0.15) is 0 Å². The van der Waals surface area contributed by atoms with Gasteiger partial charge in [0.25, 0.3) is 0 Å². The fraction of sp³-hybridized carbons (Fsp3) is 1.00. The van der Waals surface area contributed by atoms with Gasteiger partial charge in [-0.25, -0.2) is 0 Å². The molecule has 0 aromatic carbocycles. The summed E-state index contributed by atoms with van der Waals surface area (Å²) in [6.07, 6.45) is 1.53. The van der Waals surface area contributed by atoms with Crippen LogP contribution in [-0.4, -0.2) is 13.2 Å². The van der Waals surface area contributed by atoms with Gasteiger partial charge in [-0.2, -0.15) is 0 Å². The first-order chi connectivity index (χ1) is 3.83. The molecule has 0 bridgehead atoms. The van der Waals surface area contributed by atoms with Gasteiger partial charge in [-0.1, -0.05) is 26.7 Å². The van der Waals surface area contributed by atoms with E-state index >= 15 is 0 Å². The summed E-state index contributed by atoms with van der Waals surface area (Å²) in [5.74, 6) is 0. The van der Waals surface area contributed by atoms with Crippen LogP contribution < -0.4 is 47.9 Å². The molecule has 0 amide bonds. The van der Waals surface area contributed by atoms with E-state index in [1.165, 1.54) is 0 Å². The van der Waals surface area contributed by atoms with E-state index in [2.05, 4.69) is 0 Å². The van der Waals surface area contributed by atoms with E-state index in [-0.39, 0.29) is 50.9 Å². The second kappa shape index (κ2) is 32.1. The zero-order valence-electron chi connectivity index (χ0n) is 7.64. The largest absolute Gasteiger partial charge is 1.00 e. The summed E-state index contributed by atoms with van der Waals surface area (Å²) in [5.41, 5.74) is 0. The van der Waals surface area contributed by atoms with Gasteiger partial charge in [0.15, 0.2) is 0 Å².